The molecule has 3 rings (SSSR count). The van der Waals surface area contributed by atoms with Crippen LogP contribution in [0.3, 0.4) is 0 Å². The van der Waals surface area contributed by atoms with Crippen molar-refractivity contribution >= 4 is 23.4 Å². The Morgan fingerprint density at radius 3 is 2.62 bits per heavy atom. The van der Waals surface area contributed by atoms with E-state index in [1.807, 2.05) is 55.5 Å². The Bertz CT molecular complexity index is 700. The molecule has 0 heterocycles. The van der Waals surface area contributed by atoms with Crippen LogP contribution >= 0.6 is 11.6 Å². The normalized spacial score (nSPS) is 19.2. The Morgan fingerprint density at radius 1 is 1.17 bits per heavy atom. The van der Waals surface area contributed by atoms with Gasteiger partial charge in [0.25, 0.3) is 0 Å². The van der Waals surface area contributed by atoms with Crippen molar-refractivity contribution in [3.63, 3.8) is 0 Å². The summed E-state index contributed by atoms with van der Waals surface area (Å²) < 4.78 is 5.23. The van der Waals surface area contributed by atoms with Gasteiger partial charge in [0.15, 0.2) is 0 Å². The number of hydrogen-bond acceptors (Lipinski definition) is 3. The Balaban J connectivity index is 1.37. The largest absolute Gasteiger partial charge is 0.445 e. The number of aryl methyl sites for hydroxylation is 1. The smallest absolute Gasteiger partial charge is 0.407 e. The minimum atomic E-state index is -0.360. The SMILES string of the molecule is Cc1ccc(NC2CC(NC(=O)OCc3ccccc3)C2)cc1Cl. The van der Waals surface area contributed by atoms with E-state index in [4.69, 9.17) is 16.3 Å². The van der Waals surface area contributed by atoms with Crippen molar-refractivity contribution in [1.82, 2.24) is 5.32 Å². The molecule has 4 nitrogen and oxygen atoms in total. The number of benzene rings is 2. The topological polar surface area (TPSA) is 50.4 Å². The van der Waals surface area contributed by atoms with Crippen molar-refractivity contribution in [3.05, 3.63) is 64.7 Å². The Morgan fingerprint density at radius 2 is 1.92 bits per heavy atom. The highest BCUT2D eigenvalue weighted by Gasteiger charge is 2.30. The average molecular weight is 345 g/mol. The molecular weight excluding hydrogens is 324 g/mol. The molecule has 24 heavy (non-hydrogen) atoms. The molecule has 0 spiro atoms. The zero-order valence-electron chi connectivity index (χ0n) is 13.6. The lowest BCUT2D eigenvalue weighted by Gasteiger charge is -2.36. The fourth-order valence-electron chi connectivity index (χ4n) is 2.70. The first-order valence-electron chi connectivity index (χ1n) is 8.10. The molecule has 2 N–H and O–H groups in total. The van der Waals surface area contributed by atoms with Crippen molar-refractivity contribution in [2.75, 3.05) is 5.32 Å². The third-order valence-electron chi connectivity index (χ3n) is 4.22. The zero-order chi connectivity index (χ0) is 16.9. The maximum absolute atomic E-state index is 11.8. The zero-order valence-corrected chi connectivity index (χ0v) is 14.3. The summed E-state index contributed by atoms with van der Waals surface area (Å²) in [5, 5.41) is 7.09. The van der Waals surface area contributed by atoms with Gasteiger partial charge < -0.3 is 15.4 Å². The number of carbonyl (C=O) groups is 1. The first-order chi connectivity index (χ1) is 11.6. The van der Waals surface area contributed by atoms with Crippen LogP contribution in [0.2, 0.25) is 5.02 Å². The quantitative estimate of drug-likeness (QED) is 0.838. The van der Waals surface area contributed by atoms with E-state index < -0.39 is 0 Å². The highest BCUT2D eigenvalue weighted by atomic mass is 35.5. The van der Waals surface area contributed by atoms with Crippen LogP contribution in [0.1, 0.15) is 24.0 Å². The monoisotopic (exact) mass is 344 g/mol. The number of rotatable bonds is 5. The van der Waals surface area contributed by atoms with Crippen LogP contribution in [0.5, 0.6) is 0 Å². The first-order valence-corrected chi connectivity index (χ1v) is 8.48. The van der Waals surface area contributed by atoms with Crippen molar-refractivity contribution in [2.45, 2.75) is 38.5 Å². The van der Waals surface area contributed by atoms with Crippen molar-refractivity contribution in [3.8, 4) is 0 Å². The molecular formula is C19H21ClN2O2. The summed E-state index contributed by atoms with van der Waals surface area (Å²) in [5.74, 6) is 0. The number of nitrogens with one attached hydrogen (secondary N) is 2. The molecule has 0 saturated heterocycles. The standard InChI is InChI=1S/C19H21ClN2O2/c1-13-7-8-15(11-18(13)20)21-16-9-17(10-16)22-19(23)24-12-14-5-3-2-4-6-14/h2-8,11,16-17,21H,9-10,12H2,1H3,(H,22,23). The lowest BCUT2D eigenvalue weighted by molar-refractivity contribution is 0.129. The van der Waals surface area contributed by atoms with Crippen molar-refractivity contribution in [1.29, 1.82) is 0 Å². The molecule has 0 atom stereocenters. The summed E-state index contributed by atoms with van der Waals surface area (Å²) in [4.78, 5) is 11.8. The molecule has 1 amide bonds. The summed E-state index contributed by atoms with van der Waals surface area (Å²) in [6.45, 7) is 2.28. The van der Waals surface area contributed by atoms with E-state index in [0.29, 0.717) is 12.6 Å². The molecule has 1 saturated carbocycles. The molecule has 0 aromatic heterocycles. The highest BCUT2D eigenvalue weighted by Crippen LogP contribution is 2.27. The Kier molecular flexibility index (Phi) is 5.26. The highest BCUT2D eigenvalue weighted by molar-refractivity contribution is 6.31. The number of alkyl carbamates (subject to hydrolysis) is 1. The van der Waals surface area contributed by atoms with Gasteiger partial charge in [0.1, 0.15) is 6.61 Å². The molecule has 2 aromatic rings. The molecule has 0 bridgehead atoms. The van der Waals surface area contributed by atoms with E-state index in [1.54, 1.807) is 0 Å². The van der Waals surface area contributed by atoms with Gasteiger partial charge >= 0.3 is 6.09 Å². The van der Waals surface area contributed by atoms with Gasteiger partial charge in [0.2, 0.25) is 0 Å². The second-order valence-electron chi connectivity index (χ2n) is 6.18. The van der Waals surface area contributed by atoms with Crippen LogP contribution < -0.4 is 10.6 Å². The van der Waals surface area contributed by atoms with Gasteiger partial charge in [-0.1, -0.05) is 48.0 Å². The Labute approximate surface area is 147 Å². The van der Waals surface area contributed by atoms with Gasteiger partial charge in [-0.25, -0.2) is 4.79 Å². The van der Waals surface area contributed by atoms with Gasteiger partial charge in [-0.2, -0.15) is 0 Å². The van der Waals surface area contributed by atoms with Crippen LogP contribution in [0.25, 0.3) is 0 Å². The third-order valence-corrected chi connectivity index (χ3v) is 4.62. The van der Waals surface area contributed by atoms with Crippen LogP contribution in [0.15, 0.2) is 48.5 Å². The number of hydrogen-bond donors (Lipinski definition) is 2. The Hall–Kier alpha value is -2.20. The molecule has 1 aliphatic rings. The number of carbonyl (C=O) groups excluding carboxylic acids is 1. The molecule has 0 aliphatic heterocycles. The first kappa shape index (κ1) is 16.7. The second-order valence-corrected chi connectivity index (χ2v) is 6.59. The van der Waals surface area contributed by atoms with Crippen LogP contribution in [-0.2, 0) is 11.3 Å². The van der Waals surface area contributed by atoms with E-state index in [9.17, 15) is 4.79 Å². The molecule has 5 heteroatoms. The number of ether oxygens (including phenoxy) is 1. The summed E-state index contributed by atoms with van der Waals surface area (Å²) in [7, 11) is 0. The van der Waals surface area contributed by atoms with Gasteiger partial charge in [-0.05, 0) is 43.0 Å². The van der Waals surface area contributed by atoms with E-state index in [-0.39, 0.29) is 12.1 Å². The van der Waals surface area contributed by atoms with E-state index >= 15 is 0 Å². The summed E-state index contributed by atoms with van der Waals surface area (Å²) in [6.07, 6.45) is 1.40. The van der Waals surface area contributed by atoms with Gasteiger partial charge in [-0.15, -0.1) is 0 Å². The lowest BCUT2D eigenvalue weighted by atomic mass is 9.86. The second kappa shape index (κ2) is 7.58. The fourth-order valence-corrected chi connectivity index (χ4v) is 2.88. The van der Waals surface area contributed by atoms with Crippen molar-refractivity contribution in [2.24, 2.45) is 0 Å². The molecule has 1 fully saturated rings. The minimum Gasteiger partial charge on any atom is -0.445 e. The van der Waals surface area contributed by atoms with Gasteiger partial charge in [-0.3, -0.25) is 0 Å². The average Bonchev–Trinajstić information content (AvgIpc) is 2.55. The molecule has 126 valence electrons. The van der Waals surface area contributed by atoms with Crippen LogP contribution in [0, 0.1) is 6.92 Å². The third kappa shape index (κ3) is 4.42. The summed E-state index contributed by atoms with van der Waals surface area (Å²) >= 11 is 6.13. The predicted molar refractivity (Wildman–Crippen MR) is 96.4 cm³/mol. The maximum Gasteiger partial charge on any atom is 0.407 e. The van der Waals surface area contributed by atoms with Crippen LogP contribution in [-0.4, -0.2) is 18.2 Å². The number of anilines is 1. The molecule has 0 unspecified atom stereocenters. The van der Waals surface area contributed by atoms with Crippen molar-refractivity contribution < 1.29 is 9.53 Å². The van der Waals surface area contributed by atoms with Gasteiger partial charge in [0.05, 0.1) is 0 Å². The summed E-state index contributed by atoms with van der Waals surface area (Å²) in [5.41, 5.74) is 3.06. The minimum absolute atomic E-state index is 0.159. The van der Waals surface area contributed by atoms with Crippen LogP contribution in [0.4, 0.5) is 10.5 Å². The van der Waals surface area contributed by atoms with E-state index in [2.05, 4.69) is 10.6 Å². The fraction of sp³-hybridized carbons (Fsp3) is 0.316. The maximum atomic E-state index is 11.8. The molecule has 1 aliphatic carbocycles. The van der Waals surface area contributed by atoms with E-state index in [0.717, 1.165) is 34.7 Å². The molecule has 2 aromatic carbocycles. The molecule has 0 radical (unpaired) electrons. The predicted octanol–water partition coefficient (Wildman–Crippen LogP) is 4.52. The number of halogens is 1. The summed E-state index contributed by atoms with van der Waals surface area (Å²) in [6, 6.07) is 16.1. The number of amides is 1. The van der Waals surface area contributed by atoms with Gasteiger partial charge in [0, 0.05) is 22.8 Å². The van der Waals surface area contributed by atoms with E-state index in [1.165, 1.54) is 0 Å². The lowest BCUT2D eigenvalue weighted by Crippen LogP contribution is -2.49.